The molecule has 37 heavy (non-hydrogen) atoms. The molecule has 0 aliphatic heterocycles. The third-order valence-corrected chi connectivity index (χ3v) is 7.37. The van der Waals surface area contributed by atoms with Crippen molar-refractivity contribution in [1.82, 2.24) is 4.98 Å². The Morgan fingerprint density at radius 1 is 0.973 bits per heavy atom. The van der Waals surface area contributed by atoms with Crippen LogP contribution in [-0.2, 0) is 17.6 Å². The number of amides is 1. The van der Waals surface area contributed by atoms with Gasteiger partial charge in [-0.3, -0.25) is 10.1 Å². The first kappa shape index (κ1) is 24.4. The van der Waals surface area contributed by atoms with Crippen molar-refractivity contribution in [3.8, 4) is 6.07 Å². The van der Waals surface area contributed by atoms with Crippen LogP contribution in [0.15, 0.2) is 90.6 Å². The van der Waals surface area contributed by atoms with Crippen molar-refractivity contribution in [3.05, 3.63) is 112 Å². The van der Waals surface area contributed by atoms with Crippen LogP contribution in [-0.4, -0.2) is 10.9 Å². The number of nitriles is 1. The molecular weight excluding hydrogens is 474 g/mol. The molecule has 0 aliphatic rings. The van der Waals surface area contributed by atoms with Crippen LogP contribution in [0, 0.1) is 11.3 Å². The molecule has 1 N–H and O–H groups in total. The quantitative estimate of drug-likeness (QED) is 0.133. The highest BCUT2D eigenvalue weighted by Gasteiger charge is 2.14. The maximum Gasteiger partial charge on any atom is 0.268 e. The Kier molecular flexibility index (Phi) is 7.39. The number of hydrogen-bond acceptors (Lipinski definition) is 4. The van der Waals surface area contributed by atoms with E-state index in [0.717, 1.165) is 44.8 Å². The van der Waals surface area contributed by atoms with Crippen LogP contribution in [0.1, 0.15) is 41.3 Å². The van der Waals surface area contributed by atoms with Crippen LogP contribution >= 0.6 is 11.3 Å². The molecular formula is C32H27N3OS. The van der Waals surface area contributed by atoms with E-state index in [1.165, 1.54) is 35.3 Å². The molecule has 0 fully saturated rings. The van der Waals surface area contributed by atoms with Crippen LogP contribution in [0.3, 0.4) is 0 Å². The molecule has 0 saturated heterocycles. The largest absolute Gasteiger partial charge is 0.297 e. The fourth-order valence-corrected chi connectivity index (χ4v) is 5.36. The summed E-state index contributed by atoms with van der Waals surface area (Å²) in [5.41, 5.74) is 3.48. The van der Waals surface area contributed by atoms with Crippen molar-refractivity contribution in [2.24, 2.45) is 0 Å². The van der Waals surface area contributed by atoms with Gasteiger partial charge in [-0.2, -0.15) is 5.26 Å². The highest BCUT2D eigenvalue weighted by Crippen LogP contribution is 2.30. The van der Waals surface area contributed by atoms with Crippen molar-refractivity contribution in [2.75, 3.05) is 5.32 Å². The van der Waals surface area contributed by atoms with Crippen LogP contribution < -0.4 is 5.32 Å². The summed E-state index contributed by atoms with van der Waals surface area (Å²) < 4.78 is 0. The third kappa shape index (κ3) is 5.61. The van der Waals surface area contributed by atoms with E-state index in [0.29, 0.717) is 5.13 Å². The van der Waals surface area contributed by atoms with Gasteiger partial charge in [-0.25, -0.2) is 4.98 Å². The lowest BCUT2D eigenvalue weighted by atomic mass is 9.95. The summed E-state index contributed by atoms with van der Waals surface area (Å²) in [6.45, 7) is 2.20. The molecule has 5 rings (SSSR count). The van der Waals surface area contributed by atoms with Crippen molar-refractivity contribution < 1.29 is 4.79 Å². The maximum absolute atomic E-state index is 13.1. The zero-order valence-electron chi connectivity index (χ0n) is 20.7. The molecule has 0 aliphatic carbocycles. The predicted octanol–water partition coefficient (Wildman–Crippen LogP) is 7.93. The number of benzene rings is 4. The van der Waals surface area contributed by atoms with Gasteiger partial charge >= 0.3 is 0 Å². The fourth-order valence-electron chi connectivity index (χ4n) is 4.51. The number of anilines is 1. The molecule has 1 heterocycles. The minimum atomic E-state index is -0.458. The summed E-state index contributed by atoms with van der Waals surface area (Å²) in [4.78, 5) is 18.5. The number of nitrogens with one attached hydrogen (secondary N) is 1. The Morgan fingerprint density at radius 3 is 2.27 bits per heavy atom. The monoisotopic (exact) mass is 501 g/mol. The van der Waals surface area contributed by atoms with Crippen LogP contribution in [0.4, 0.5) is 5.13 Å². The average Bonchev–Trinajstić information content (AvgIpc) is 3.37. The zero-order valence-corrected chi connectivity index (χ0v) is 21.5. The average molecular weight is 502 g/mol. The first-order valence-corrected chi connectivity index (χ1v) is 13.3. The Bertz CT molecular complexity index is 1590. The zero-order chi connectivity index (χ0) is 25.6. The van der Waals surface area contributed by atoms with E-state index in [1.807, 2.05) is 48.5 Å². The molecule has 4 nitrogen and oxygen atoms in total. The Hall–Kier alpha value is -4.27. The lowest BCUT2D eigenvalue weighted by Gasteiger charge is -2.09. The van der Waals surface area contributed by atoms with E-state index in [-0.39, 0.29) is 5.57 Å². The minimum Gasteiger partial charge on any atom is -0.297 e. The summed E-state index contributed by atoms with van der Waals surface area (Å²) >= 11 is 1.43. The van der Waals surface area contributed by atoms with E-state index < -0.39 is 5.91 Å². The molecule has 0 spiro atoms. The van der Waals surface area contributed by atoms with E-state index >= 15 is 0 Å². The SMILES string of the molecule is CCCCc1ccc(Cc2cnc(NC(=O)C(C#N)=Cc3c4ccccc4cc4ccccc34)s2)cc1. The predicted molar refractivity (Wildman–Crippen MR) is 154 cm³/mol. The van der Waals surface area contributed by atoms with E-state index in [9.17, 15) is 10.1 Å². The van der Waals surface area contributed by atoms with E-state index in [1.54, 1.807) is 12.3 Å². The Morgan fingerprint density at radius 2 is 1.62 bits per heavy atom. The summed E-state index contributed by atoms with van der Waals surface area (Å²) in [7, 11) is 0. The number of unbranched alkanes of at least 4 members (excludes halogenated alkanes) is 1. The minimum absolute atomic E-state index is 0.0425. The number of carbonyl (C=O) groups excluding carboxylic acids is 1. The van der Waals surface area contributed by atoms with Gasteiger partial charge in [0.15, 0.2) is 5.13 Å². The van der Waals surface area contributed by atoms with Crippen LogP contribution in [0.25, 0.3) is 27.6 Å². The molecule has 0 atom stereocenters. The lowest BCUT2D eigenvalue weighted by molar-refractivity contribution is -0.112. The van der Waals surface area contributed by atoms with Crippen molar-refractivity contribution in [2.45, 2.75) is 32.6 Å². The van der Waals surface area contributed by atoms with Crippen molar-refractivity contribution in [1.29, 1.82) is 5.26 Å². The van der Waals surface area contributed by atoms with Gasteiger partial charge in [0.25, 0.3) is 5.91 Å². The van der Waals surface area contributed by atoms with Gasteiger partial charge in [0.05, 0.1) is 0 Å². The molecule has 182 valence electrons. The normalized spacial score (nSPS) is 11.5. The topological polar surface area (TPSA) is 65.8 Å². The summed E-state index contributed by atoms with van der Waals surface area (Å²) in [5, 5.41) is 17.3. The summed E-state index contributed by atoms with van der Waals surface area (Å²) in [6, 6.07) is 29.0. The first-order chi connectivity index (χ1) is 18.1. The van der Waals surface area contributed by atoms with E-state index in [4.69, 9.17) is 0 Å². The standard InChI is InChI=1S/C32H27N3OS/c1-2-3-8-22-13-15-23(16-14-22)17-27-21-34-32(37-27)35-31(36)26(20-33)19-30-28-11-6-4-9-24(28)18-25-10-5-7-12-29(25)30/h4-7,9-16,18-19,21H,2-3,8,17H2,1H3,(H,34,35,36). The molecule has 1 aromatic heterocycles. The van der Waals surface area contributed by atoms with Gasteiger partial charge in [-0.15, -0.1) is 11.3 Å². The smallest absolute Gasteiger partial charge is 0.268 e. The Balaban J connectivity index is 1.36. The molecule has 5 aromatic rings. The maximum atomic E-state index is 13.1. The summed E-state index contributed by atoms with van der Waals surface area (Å²) in [6.07, 6.45) is 7.74. The van der Waals surface area contributed by atoms with Gasteiger partial charge < -0.3 is 0 Å². The van der Waals surface area contributed by atoms with Gasteiger partial charge in [0, 0.05) is 17.5 Å². The Labute approximate surface area is 220 Å². The van der Waals surface area contributed by atoms with Gasteiger partial charge in [0.2, 0.25) is 0 Å². The number of fused-ring (bicyclic) bond motifs is 2. The molecule has 5 heteroatoms. The molecule has 0 unspecified atom stereocenters. The van der Waals surface area contributed by atoms with E-state index in [2.05, 4.69) is 53.6 Å². The molecule has 1 amide bonds. The highest BCUT2D eigenvalue weighted by atomic mass is 32.1. The van der Waals surface area contributed by atoms with Crippen molar-refractivity contribution in [3.63, 3.8) is 0 Å². The molecule has 4 aromatic carbocycles. The number of aromatic nitrogens is 1. The highest BCUT2D eigenvalue weighted by molar-refractivity contribution is 7.15. The van der Waals surface area contributed by atoms with Crippen molar-refractivity contribution >= 4 is 50.0 Å². The number of nitrogens with zero attached hydrogens (tertiary/aromatic N) is 2. The number of aryl methyl sites for hydroxylation is 1. The summed E-state index contributed by atoms with van der Waals surface area (Å²) in [5.74, 6) is -0.458. The van der Waals surface area contributed by atoms with Gasteiger partial charge in [-0.05, 0) is 63.2 Å². The lowest BCUT2D eigenvalue weighted by Crippen LogP contribution is -2.13. The number of hydrogen-bond donors (Lipinski definition) is 1. The second-order valence-electron chi connectivity index (χ2n) is 9.09. The molecule has 0 saturated carbocycles. The number of thiazole rings is 1. The number of rotatable bonds is 8. The third-order valence-electron chi connectivity index (χ3n) is 6.46. The van der Waals surface area contributed by atoms with Crippen LogP contribution in [0.2, 0.25) is 0 Å². The van der Waals surface area contributed by atoms with Gasteiger partial charge in [0.1, 0.15) is 11.6 Å². The second kappa shape index (κ2) is 11.2. The fraction of sp³-hybridized carbons (Fsp3) is 0.156. The second-order valence-corrected chi connectivity index (χ2v) is 10.2. The van der Waals surface area contributed by atoms with Crippen LogP contribution in [0.5, 0.6) is 0 Å². The molecule has 0 bridgehead atoms. The number of carbonyl (C=O) groups is 1. The molecule has 0 radical (unpaired) electrons. The van der Waals surface area contributed by atoms with Gasteiger partial charge in [-0.1, -0.05) is 86.1 Å². The first-order valence-electron chi connectivity index (χ1n) is 12.5.